The van der Waals surface area contributed by atoms with Gasteiger partial charge in [-0.05, 0) is 18.7 Å². The second-order valence-corrected chi connectivity index (χ2v) is 3.40. The Bertz CT molecular complexity index is 380. The third kappa shape index (κ3) is 3.96. The quantitative estimate of drug-likeness (QED) is 0.783. The Kier molecular flexibility index (Phi) is 5.29. The second kappa shape index (κ2) is 6.75. The summed E-state index contributed by atoms with van der Waals surface area (Å²) in [5.74, 6) is 1.14. The molecule has 0 atom stereocenters. The molecule has 5 nitrogen and oxygen atoms in total. The summed E-state index contributed by atoms with van der Waals surface area (Å²) in [6.45, 7) is 3.01. The lowest BCUT2D eigenvalue weighted by Gasteiger charge is -2.10. The van der Waals surface area contributed by atoms with Crippen LogP contribution in [0.15, 0.2) is 18.2 Å². The number of carbonyl (C=O) groups is 1. The first-order valence-electron chi connectivity index (χ1n) is 5.43. The SMILES string of the molecule is CCNCC(=O)Nc1ccc(OC)c(OC)c1. The highest BCUT2D eigenvalue weighted by atomic mass is 16.5. The van der Waals surface area contributed by atoms with Crippen molar-refractivity contribution in [3.63, 3.8) is 0 Å². The summed E-state index contributed by atoms with van der Waals surface area (Å²) in [6, 6.07) is 5.25. The van der Waals surface area contributed by atoms with E-state index in [-0.39, 0.29) is 5.91 Å². The maximum Gasteiger partial charge on any atom is 0.238 e. The number of benzene rings is 1. The smallest absolute Gasteiger partial charge is 0.238 e. The number of hydrogen-bond donors (Lipinski definition) is 2. The van der Waals surface area contributed by atoms with Gasteiger partial charge in [0.05, 0.1) is 20.8 Å². The minimum absolute atomic E-state index is 0.0842. The van der Waals surface area contributed by atoms with E-state index in [2.05, 4.69) is 10.6 Å². The van der Waals surface area contributed by atoms with E-state index in [0.29, 0.717) is 23.7 Å². The molecule has 0 fully saturated rings. The maximum atomic E-state index is 11.5. The van der Waals surface area contributed by atoms with Crippen molar-refractivity contribution in [3.8, 4) is 11.5 Å². The van der Waals surface area contributed by atoms with Crippen LogP contribution in [0.1, 0.15) is 6.92 Å². The predicted molar refractivity (Wildman–Crippen MR) is 66.7 cm³/mol. The normalized spacial score (nSPS) is 9.82. The van der Waals surface area contributed by atoms with Gasteiger partial charge in [-0.15, -0.1) is 0 Å². The predicted octanol–water partition coefficient (Wildman–Crippen LogP) is 1.25. The van der Waals surface area contributed by atoms with Crippen molar-refractivity contribution >= 4 is 11.6 Å². The van der Waals surface area contributed by atoms with E-state index in [1.165, 1.54) is 0 Å². The van der Waals surface area contributed by atoms with Crippen LogP contribution in [0, 0.1) is 0 Å². The Balaban J connectivity index is 2.68. The molecule has 0 spiro atoms. The lowest BCUT2D eigenvalue weighted by atomic mass is 10.2. The van der Waals surface area contributed by atoms with Crippen molar-refractivity contribution < 1.29 is 14.3 Å². The summed E-state index contributed by atoms with van der Waals surface area (Å²) in [5, 5.41) is 5.72. The fraction of sp³-hybridized carbons (Fsp3) is 0.417. The van der Waals surface area contributed by atoms with Crippen molar-refractivity contribution in [2.45, 2.75) is 6.92 Å². The van der Waals surface area contributed by atoms with Gasteiger partial charge in [-0.2, -0.15) is 0 Å². The summed E-state index contributed by atoms with van der Waals surface area (Å²) in [7, 11) is 3.13. The molecule has 0 aromatic heterocycles. The number of rotatable bonds is 6. The topological polar surface area (TPSA) is 59.6 Å². The molecule has 0 aliphatic heterocycles. The van der Waals surface area contributed by atoms with Crippen LogP contribution in [-0.4, -0.2) is 33.2 Å². The molecule has 0 saturated heterocycles. The zero-order chi connectivity index (χ0) is 12.7. The van der Waals surface area contributed by atoms with Gasteiger partial charge >= 0.3 is 0 Å². The average Bonchev–Trinajstić information content (AvgIpc) is 2.36. The van der Waals surface area contributed by atoms with E-state index < -0.39 is 0 Å². The van der Waals surface area contributed by atoms with Gasteiger partial charge in [0.15, 0.2) is 11.5 Å². The highest BCUT2D eigenvalue weighted by Gasteiger charge is 2.06. The Hall–Kier alpha value is -1.75. The van der Waals surface area contributed by atoms with Crippen LogP contribution in [0.3, 0.4) is 0 Å². The van der Waals surface area contributed by atoms with Gasteiger partial charge in [0.2, 0.25) is 5.91 Å². The van der Waals surface area contributed by atoms with E-state index in [9.17, 15) is 4.79 Å². The maximum absolute atomic E-state index is 11.5. The number of nitrogens with one attached hydrogen (secondary N) is 2. The first-order chi connectivity index (χ1) is 8.21. The molecule has 0 bridgehead atoms. The lowest BCUT2D eigenvalue weighted by Crippen LogP contribution is -2.27. The molecule has 5 heteroatoms. The Morgan fingerprint density at radius 1 is 1.24 bits per heavy atom. The van der Waals surface area contributed by atoms with Gasteiger partial charge in [-0.1, -0.05) is 6.92 Å². The Morgan fingerprint density at radius 3 is 2.53 bits per heavy atom. The molecule has 0 aliphatic rings. The first-order valence-corrected chi connectivity index (χ1v) is 5.43. The average molecular weight is 238 g/mol. The number of hydrogen-bond acceptors (Lipinski definition) is 4. The molecular formula is C12H18N2O3. The monoisotopic (exact) mass is 238 g/mol. The summed E-state index contributed by atoms with van der Waals surface area (Å²) in [6.07, 6.45) is 0. The van der Waals surface area contributed by atoms with Gasteiger partial charge in [0.1, 0.15) is 0 Å². The standard InChI is InChI=1S/C12H18N2O3/c1-4-13-8-12(15)14-9-5-6-10(16-2)11(7-9)17-3/h5-7,13H,4,8H2,1-3H3,(H,14,15). The number of ether oxygens (including phenoxy) is 2. The third-order valence-corrected chi connectivity index (χ3v) is 2.20. The van der Waals surface area contributed by atoms with E-state index >= 15 is 0 Å². The van der Waals surface area contributed by atoms with Gasteiger partial charge in [-0.25, -0.2) is 0 Å². The van der Waals surface area contributed by atoms with E-state index in [0.717, 1.165) is 6.54 Å². The molecule has 1 aromatic carbocycles. The molecule has 0 heterocycles. The van der Waals surface area contributed by atoms with Crippen molar-refractivity contribution in [1.29, 1.82) is 0 Å². The number of carbonyl (C=O) groups excluding carboxylic acids is 1. The van der Waals surface area contributed by atoms with Crippen LogP contribution >= 0.6 is 0 Å². The fourth-order valence-corrected chi connectivity index (χ4v) is 1.36. The highest BCUT2D eigenvalue weighted by Crippen LogP contribution is 2.29. The lowest BCUT2D eigenvalue weighted by molar-refractivity contribution is -0.115. The zero-order valence-electron chi connectivity index (χ0n) is 10.4. The summed E-state index contributed by atoms with van der Waals surface area (Å²) in [5.41, 5.74) is 0.686. The van der Waals surface area contributed by atoms with Gasteiger partial charge < -0.3 is 20.1 Å². The van der Waals surface area contributed by atoms with Crippen LogP contribution < -0.4 is 20.1 Å². The molecule has 0 radical (unpaired) electrons. The van der Waals surface area contributed by atoms with Gasteiger partial charge in [0.25, 0.3) is 0 Å². The van der Waals surface area contributed by atoms with Crippen LogP contribution in [0.4, 0.5) is 5.69 Å². The second-order valence-electron chi connectivity index (χ2n) is 3.40. The molecule has 1 aromatic rings. The third-order valence-electron chi connectivity index (χ3n) is 2.20. The highest BCUT2D eigenvalue weighted by molar-refractivity contribution is 5.92. The minimum atomic E-state index is -0.0842. The van der Waals surface area contributed by atoms with Crippen molar-refractivity contribution in [2.75, 3.05) is 32.6 Å². The molecule has 2 N–H and O–H groups in total. The molecule has 94 valence electrons. The molecule has 0 aliphatic carbocycles. The van der Waals surface area contributed by atoms with Gasteiger partial charge in [0, 0.05) is 11.8 Å². The Labute approximate surface area is 101 Å². The minimum Gasteiger partial charge on any atom is -0.493 e. The van der Waals surface area contributed by atoms with Crippen molar-refractivity contribution in [3.05, 3.63) is 18.2 Å². The first kappa shape index (κ1) is 13.3. The van der Waals surface area contributed by atoms with Crippen molar-refractivity contribution in [2.24, 2.45) is 0 Å². The van der Waals surface area contributed by atoms with Crippen LogP contribution in [-0.2, 0) is 4.79 Å². The number of likely N-dealkylation sites (N-methyl/N-ethyl adjacent to an activating group) is 1. The molecule has 17 heavy (non-hydrogen) atoms. The molecular weight excluding hydrogens is 220 g/mol. The molecule has 1 amide bonds. The summed E-state index contributed by atoms with van der Waals surface area (Å²) in [4.78, 5) is 11.5. The Morgan fingerprint density at radius 2 is 1.94 bits per heavy atom. The molecule has 0 unspecified atom stereocenters. The summed E-state index contributed by atoms with van der Waals surface area (Å²) >= 11 is 0. The number of amides is 1. The number of anilines is 1. The molecule has 0 saturated carbocycles. The van der Waals surface area contributed by atoms with Crippen LogP contribution in [0.2, 0.25) is 0 Å². The summed E-state index contributed by atoms with van der Waals surface area (Å²) < 4.78 is 10.3. The van der Waals surface area contributed by atoms with Crippen molar-refractivity contribution in [1.82, 2.24) is 5.32 Å². The largest absolute Gasteiger partial charge is 0.493 e. The zero-order valence-corrected chi connectivity index (χ0v) is 10.4. The van der Waals surface area contributed by atoms with Crippen LogP contribution in [0.5, 0.6) is 11.5 Å². The van der Waals surface area contributed by atoms with E-state index in [1.54, 1.807) is 32.4 Å². The molecule has 1 rings (SSSR count). The van der Waals surface area contributed by atoms with Gasteiger partial charge in [-0.3, -0.25) is 4.79 Å². The number of methoxy groups -OCH3 is 2. The fourth-order valence-electron chi connectivity index (χ4n) is 1.36. The van der Waals surface area contributed by atoms with E-state index in [4.69, 9.17) is 9.47 Å². The van der Waals surface area contributed by atoms with Crippen LogP contribution in [0.25, 0.3) is 0 Å². The van der Waals surface area contributed by atoms with E-state index in [1.807, 2.05) is 6.92 Å².